The van der Waals surface area contributed by atoms with E-state index in [-0.39, 0.29) is 17.1 Å². The largest absolute Gasteiger partial charge is 0.507 e. The minimum Gasteiger partial charge on any atom is -0.507 e. The number of phenols is 1. The molecular weight excluding hydrogens is 360 g/mol. The van der Waals surface area contributed by atoms with E-state index < -0.39 is 0 Å². The number of carbonyl (C=O) groups excluding carboxylic acids is 1. The van der Waals surface area contributed by atoms with E-state index in [0.717, 1.165) is 29.6 Å². The van der Waals surface area contributed by atoms with Crippen LogP contribution in [0.3, 0.4) is 0 Å². The molecule has 1 atom stereocenters. The number of aryl methyl sites for hydroxylation is 1. The number of Topliss-reactive ketones (excluding diaryl/α,β-unsaturated/α-hetero) is 1. The van der Waals surface area contributed by atoms with Crippen LogP contribution in [0, 0.1) is 6.92 Å². The van der Waals surface area contributed by atoms with Gasteiger partial charge in [-0.3, -0.25) is 4.79 Å². The lowest BCUT2D eigenvalue weighted by atomic mass is 9.78. The number of hydrogen-bond acceptors (Lipinski definition) is 3. The Morgan fingerprint density at radius 1 is 1.14 bits per heavy atom. The number of para-hydroxylation sites is 1. The van der Waals surface area contributed by atoms with Gasteiger partial charge in [-0.25, -0.2) is 0 Å². The van der Waals surface area contributed by atoms with Gasteiger partial charge in [0.15, 0.2) is 5.78 Å². The van der Waals surface area contributed by atoms with Crippen molar-refractivity contribution in [3.05, 3.63) is 88.3 Å². The number of nitrogens with one attached hydrogen (secondary N) is 1. The van der Waals surface area contributed by atoms with E-state index in [0.29, 0.717) is 11.1 Å². The lowest BCUT2D eigenvalue weighted by molar-refractivity contribution is 0.102. The fraction of sp³-hybridized carbons (Fsp3) is 0.240. The van der Waals surface area contributed by atoms with Crippen molar-refractivity contribution in [2.45, 2.75) is 32.7 Å². The van der Waals surface area contributed by atoms with Crippen molar-refractivity contribution in [2.75, 3.05) is 6.54 Å². The molecule has 0 amide bonds. The zero-order chi connectivity index (χ0) is 20.3. The van der Waals surface area contributed by atoms with Gasteiger partial charge in [0.2, 0.25) is 0 Å². The number of aromatic hydroxyl groups is 1. The molecule has 4 nitrogen and oxygen atoms in total. The predicted molar refractivity (Wildman–Crippen MR) is 115 cm³/mol. The highest BCUT2D eigenvalue weighted by molar-refractivity contribution is 6.13. The van der Waals surface area contributed by atoms with Gasteiger partial charge in [-0.2, -0.15) is 0 Å². The topological polar surface area (TPSA) is 56.3 Å². The molecule has 2 N–H and O–H groups in total. The maximum atomic E-state index is 13.2. The third-order valence-corrected chi connectivity index (χ3v) is 6.65. The Bertz CT molecular complexity index is 1210. The monoisotopic (exact) mass is 384 g/mol. The number of phenolic OH excluding ortho intramolecular Hbond substituents is 1. The molecule has 2 aromatic carbocycles. The van der Waals surface area contributed by atoms with E-state index in [1.165, 1.54) is 16.6 Å². The number of benzene rings is 2. The molecule has 146 valence electrons. The summed E-state index contributed by atoms with van der Waals surface area (Å²) >= 11 is 0. The molecule has 1 aromatic heterocycles. The van der Waals surface area contributed by atoms with E-state index >= 15 is 0 Å². The van der Waals surface area contributed by atoms with E-state index in [2.05, 4.69) is 48.0 Å². The number of ketones is 1. The smallest absolute Gasteiger partial charge is 0.198 e. The van der Waals surface area contributed by atoms with E-state index in [1.807, 2.05) is 25.3 Å². The summed E-state index contributed by atoms with van der Waals surface area (Å²) in [7, 11) is 0. The average molecular weight is 384 g/mol. The second-order valence-corrected chi connectivity index (χ2v) is 8.25. The quantitative estimate of drug-likeness (QED) is 0.613. The second-order valence-electron chi connectivity index (χ2n) is 8.25. The van der Waals surface area contributed by atoms with Crippen LogP contribution in [0.15, 0.2) is 65.9 Å². The van der Waals surface area contributed by atoms with Gasteiger partial charge in [0.05, 0.1) is 11.1 Å². The third-order valence-electron chi connectivity index (χ3n) is 6.65. The van der Waals surface area contributed by atoms with Crippen LogP contribution in [0.25, 0.3) is 10.9 Å². The van der Waals surface area contributed by atoms with Crippen LogP contribution in [0.4, 0.5) is 0 Å². The molecule has 29 heavy (non-hydrogen) atoms. The molecule has 0 spiro atoms. The number of nitrogens with zero attached hydrogens (tertiary/aromatic N) is 1. The molecule has 3 heterocycles. The fourth-order valence-electron chi connectivity index (χ4n) is 4.89. The second kappa shape index (κ2) is 6.11. The van der Waals surface area contributed by atoms with Gasteiger partial charge in [0, 0.05) is 34.9 Å². The van der Waals surface area contributed by atoms with Crippen molar-refractivity contribution in [1.29, 1.82) is 0 Å². The molecule has 5 rings (SSSR count). The first-order chi connectivity index (χ1) is 13.9. The highest BCUT2D eigenvalue weighted by Crippen LogP contribution is 2.46. The Morgan fingerprint density at radius 2 is 1.93 bits per heavy atom. The van der Waals surface area contributed by atoms with Gasteiger partial charge in [-0.1, -0.05) is 30.3 Å². The van der Waals surface area contributed by atoms with Crippen molar-refractivity contribution in [1.82, 2.24) is 9.88 Å². The van der Waals surface area contributed by atoms with Crippen LogP contribution in [-0.2, 0) is 12.0 Å². The van der Waals surface area contributed by atoms with E-state index in [4.69, 9.17) is 0 Å². The molecule has 2 aliphatic rings. The summed E-state index contributed by atoms with van der Waals surface area (Å²) in [5.41, 5.74) is 6.31. The van der Waals surface area contributed by atoms with Crippen molar-refractivity contribution < 1.29 is 9.90 Å². The highest BCUT2D eigenvalue weighted by atomic mass is 16.3. The van der Waals surface area contributed by atoms with Crippen LogP contribution < -0.4 is 0 Å². The summed E-state index contributed by atoms with van der Waals surface area (Å²) in [6.07, 6.45) is 4.87. The molecule has 0 saturated carbocycles. The number of carbonyl (C=O) groups is 1. The van der Waals surface area contributed by atoms with Crippen LogP contribution >= 0.6 is 0 Å². The Labute approximate surface area is 170 Å². The van der Waals surface area contributed by atoms with Crippen LogP contribution in [0.2, 0.25) is 0 Å². The summed E-state index contributed by atoms with van der Waals surface area (Å²) < 4.78 is 0. The molecular formula is C25H24N2O2. The number of aromatic nitrogens is 1. The number of allylic oxidation sites excluding steroid dienone is 2. The first-order valence-corrected chi connectivity index (χ1v) is 10.0. The van der Waals surface area contributed by atoms with Gasteiger partial charge in [-0.05, 0) is 62.1 Å². The maximum absolute atomic E-state index is 13.2. The zero-order valence-corrected chi connectivity index (χ0v) is 16.9. The van der Waals surface area contributed by atoms with Crippen molar-refractivity contribution in [3.63, 3.8) is 0 Å². The maximum Gasteiger partial charge on any atom is 0.198 e. The first-order valence-electron chi connectivity index (χ1n) is 10.0. The van der Waals surface area contributed by atoms with Gasteiger partial charge in [-0.15, -0.1) is 0 Å². The Balaban J connectivity index is 1.61. The van der Waals surface area contributed by atoms with E-state index in [9.17, 15) is 9.90 Å². The number of aromatic amines is 1. The third kappa shape index (κ3) is 2.42. The predicted octanol–water partition coefficient (Wildman–Crippen LogP) is 4.98. The Morgan fingerprint density at radius 3 is 2.72 bits per heavy atom. The summed E-state index contributed by atoms with van der Waals surface area (Å²) in [5.74, 6) is -0.101. The number of hydrogen-bond donors (Lipinski definition) is 2. The molecule has 0 saturated heterocycles. The van der Waals surface area contributed by atoms with Crippen LogP contribution in [0.1, 0.15) is 41.0 Å². The van der Waals surface area contributed by atoms with Crippen molar-refractivity contribution >= 4 is 16.7 Å². The molecule has 4 heteroatoms. The lowest BCUT2D eigenvalue weighted by Crippen LogP contribution is -2.48. The number of fused-ring (bicyclic) bond motifs is 5. The molecule has 0 aliphatic carbocycles. The normalized spacial score (nSPS) is 20.7. The Kier molecular flexibility index (Phi) is 3.75. The van der Waals surface area contributed by atoms with Crippen LogP contribution in [0.5, 0.6) is 5.75 Å². The van der Waals surface area contributed by atoms with Gasteiger partial charge in [0.25, 0.3) is 0 Å². The summed E-state index contributed by atoms with van der Waals surface area (Å²) in [6.45, 7) is 7.00. The molecule has 0 bridgehead atoms. The molecule has 0 fully saturated rings. The van der Waals surface area contributed by atoms with Crippen molar-refractivity contribution in [2.24, 2.45) is 0 Å². The summed E-state index contributed by atoms with van der Waals surface area (Å²) in [6, 6.07) is 13.6. The number of H-pyrrole nitrogens is 1. The molecule has 3 aromatic rings. The first kappa shape index (κ1) is 17.8. The lowest BCUT2D eigenvalue weighted by Gasteiger charge is -2.47. The molecule has 2 aliphatic heterocycles. The SMILES string of the molecule is CC1=CC(C(=O)c2c(C)cccc2O)=CN2CCc3c([nH]c4ccccc34)C12C. The number of rotatable bonds is 2. The van der Waals surface area contributed by atoms with Crippen LogP contribution in [-0.4, -0.2) is 27.3 Å². The summed E-state index contributed by atoms with van der Waals surface area (Å²) in [5, 5.41) is 11.5. The van der Waals surface area contributed by atoms with Gasteiger partial charge in [0.1, 0.15) is 5.75 Å². The Hall–Kier alpha value is -3.27. The fourth-order valence-corrected chi connectivity index (χ4v) is 4.89. The molecule has 1 unspecified atom stereocenters. The van der Waals surface area contributed by atoms with Gasteiger partial charge < -0.3 is 15.0 Å². The zero-order valence-electron chi connectivity index (χ0n) is 16.9. The minimum atomic E-state index is -0.315. The van der Waals surface area contributed by atoms with Gasteiger partial charge >= 0.3 is 0 Å². The summed E-state index contributed by atoms with van der Waals surface area (Å²) in [4.78, 5) is 19.2. The van der Waals surface area contributed by atoms with Crippen molar-refractivity contribution in [3.8, 4) is 5.75 Å². The molecule has 0 radical (unpaired) electrons. The van der Waals surface area contributed by atoms with E-state index in [1.54, 1.807) is 12.1 Å². The standard InChI is InChI=1S/C25H24N2O2/c1-15-7-6-10-21(28)22(15)23(29)17-13-16(2)25(3)24-19(11-12-27(25)14-17)18-8-4-5-9-20(18)26-24/h4-10,13-14,26,28H,11-12H2,1-3H3. The highest BCUT2D eigenvalue weighted by Gasteiger charge is 2.43. The average Bonchev–Trinajstić information content (AvgIpc) is 3.08. The minimum absolute atomic E-state index is 0.0341.